The van der Waals surface area contributed by atoms with Gasteiger partial charge in [0, 0.05) is 0 Å². The van der Waals surface area contributed by atoms with Crippen LogP contribution in [0.3, 0.4) is 0 Å². The van der Waals surface area contributed by atoms with Crippen molar-refractivity contribution in [3.8, 4) is 11.5 Å². The van der Waals surface area contributed by atoms with Crippen LogP contribution in [0.4, 0.5) is 0 Å². The van der Waals surface area contributed by atoms with Gasteiger partial charge in [0.1, 0.15) is 12.1 Å². The molecule has 0 aliphatic carbocycles. The van der Waals surface area contributed by atoms with E-state index in [1.165, 1.54) is 4.57 Å². The van der Waals surface area contributed by atoms with Crippen molar-refractivity contribution in [2.24, 2.45) is 0 Å². The quantitative estimate of drug-likeness (QED) is 0.333. The van der Waals surface area contributed by atoms with Gasteiger partial charge in [0.25, 0.3) is 0 Å². The Morgan fingerprint density at radius 1 is 0.926 bits per heavy atom. The second kappa shape index (κ2) is 8.26. The van der Waals surface area contributed by atoms with Gasteiger partial charge in [-0.15, -0.1) is 4.57 Å². The number of aromatic nitrogens is 2. The molecular formula is C15H19Cl6N2O3Sb. The number of nitrogens with zero attached hydrogens (tertiary/aromatic N) is 2. The number of hydrogen-bond acceptors (Lipinski definition) is 3. The van der Waals surface area contributed by atoms with Crippen molar-refractivity contribution in [1.82, 2.24) is 4.57 Å². The van der Waals surface area contributed by atoms with Crippen molar-refractivity contribution >= 4 is 62.1 Å². The number of benzene rings is 1. The molecule has 0 radical (unpaired) electrons. The molecular weight excluding hydrogens is 591 g/mol. The molecule has 2 rings (SSSR count). The van der Waals surface area contributed by atoms with Gasteiger partial charge in [0.15, 0.2) is 0 Å². The second-order valence-electron chi connectivity index (χ2n) is 6.21. The average Bonchev–Trinajstić information content (AvgIpc) is 2.43. The predicted octanol–water partition coefficient (Wildman–Crippen LogP) is 5.67. The fourth-order valence-corrected chi connectivity index (χ4v) is 2.13. The first-order valence-corrected chi connectivity index (χ1v) is 27.1. The fourth-order valence-electron chi connectivity index (χ4n) is 2.13. The van der Waals surface area contributed by atoms with E-state index in [-0.39, 0.29) is 17.8 Å². The maximum atomic E-state index is 12.5. The third-order valence-corrected chi connectivity index (χ3v) is 3.07. The Kier molecular flexibility index (Phi) is 7.77. The molecule has 0 atom stereocenters. The van der Waals surface area contributed by atoms with Crippen LogP contribution in [0.15, 0.2) is 44.3 Å². The fraction of sp³-hybridized carbons (Fsp3) is 0.400. The third-order valence-electron chi connectivity index (χ3n) is 3.07. The molecule has 154 valence electrons. The van der Waals surface area contributed by atoms with Crippen LogP contribution in [-0.4, -0.2) is 13.7 Å². The molecule has 0 amide bonds. The van der Waals surface area contributed by atoms with Crippen LogP contribution < -0.4 is 16.0 Å². The van der Waals surface area contributed by atoms with E-state index in [1.807, 2.05) is 44.2 Å². The van der Waals surface area contributed by atoms with Crippen molar-refractivity contribution in [3.05, 3.63) is 51.4 Å². The van der Waals surface area contributed by atoms with E-state index in [4.69, 9.17) is 57.4 Å². The molecule has 1 aromatic heterocycles. The molecule has 0 saturated heterocycles. The summed E-state index contributed by atoms with van der Waals surface area (Å²) >= 11 is 0. The Morgan fingerprint density at radius 2 is 1.37 bits per heavy atom. The van der Waals surface area contributed by atoms with E-state index < -0.39 is 14.9 Å². The van der Waals surface area contributed by atoms with Crippen LogP contribution in [0, 0.1) is 0 Å². The van der Waals surface area contributed by atoms with Gasteiger partial charge in [-0.25, -0.2) is 0 Å². The number of rotatable bonds is 3. The molecule has 0 unspecified atom stereocenters. The molecule has 0 N–H and O–H groups in total. The molecule has 0 aliphatic heterocycles. The Morgan fingerprint density at radius 3 is 1.74 bits per heavy atom. The zero-order chi connectivity index (χ0) is 21.3. The Balaban J connectivity index is 0.000000445. The van der Waals surface area contributed by atoms with Gasteiger partial charge in [-0.1, -0.05) is 18.2 Å². The van der Waals surface area contributed by atoms with Gasteiger partial charge in [-0.2, -0.15) is 14.2 Å². The Hall–Kier alpha value is 0.388. The van der Waals surface area contributed by atoms with Crippen LogP contribution in [0.5, 0.6) is 0 Å². The summed E-state index contributed by atoms with van der Waals surface area (Å²) in [4.78, 5) is 24.6. The molecule has 5 nitrogen and oxygen atoms in total. The first-order valence-electron chi connectivity index (χ1n) is 7.71. The summed E-state index contributed by atoms with van der Waals surface area (Å²) in [5, 5.41) is 0. The minimum atomic E-state index is -5.42. The summed E-state index contributed by atoms with van der Waals surface area (Å²) in [5.41, 5.74) is 0.372. The van der Waals surface area contributed by atoms with Crippen molar-refractivity contribution in [3.63, 3.8) is 0 Å². The van der Waals surface area contributed by atoms with Crippen molar-refractivity contribution in [2.75, 3.05) is 0 Å². The van der Waals surface area contributed by atoms with Gasteiger partial charge >= 0.3 is 79.5 Å². The van der Waals surface area contributed by atoms with Crippen molar-refractivity contribution < 1.29 is 8.98 Å². The minimum absolute atomic E-state index is 0.105. The molecule has 0 fully saturated rings. The summed E-state index contributed by atoms with van der Waals surface area (Å²) in [7, 11) is 25.0. The summed E-state index contributed by atoms with van der Waals surface area (Å²) in [5.74, 6) is -0.326. The zero-order valence-corrected chi connectivity index (χ0v) is 22.0. The van der Waals surface area contributed by atoms with Gasteiger partial charge in [0.2, 0.25) is 0 Å². The third kappa shape index (κ3) is 9.62. The molecule has 0 spiro atoms. The predicted molar refractivity (Wildman–Crippen MR) is 117 cm³/mol. The van der Waals surface area contributed by atoms with Gasteiger partial charge in [-0.05, 0) is 39.8 Å². The maximum absolute atomic E-state index is 12.5. The molecule has 0 saturated carbocycles. The molecule has 1 aromatic carbocycles. The van der Waals surface area contributed by atoms with E-state index in [2.05, 4.69) is 0 Å². The number of halogens is 6. The van der Waals surface area contributed by atoms with Gasteiger partial charge in [-0.3, -0.25) is 0 Å². The standard InChI is InChI=1S/C15H19N2O3.6ClH.Sb/c1-10(2)16-13(12-8-6-5-7-9-12)20-15(19)17(11(3)4)14(16)18;;;;;;;/h5-11H,1-4H3;6*1H;/q+1;;;;;;;+5/p-6. The average molecular weight is 610 g/mol. The van der Waals surface area contributed by atoms with Crippen molar-refractivity contribution in [1.29, 1.82) is 0 Å². The zero-order valence-electron chi connectivity index (χ0n) is 14.9. The molecule has 0 bridgehead atoms. The van der Waals surface area contributed by atoms with E-state index in [0.29, 0.717) is 11.5 Å². The van der Waals surface area contributed by atoms with E-state index in [1.54, 1.807) is 13.8 Å². The molecule has 0 aliphatic rings. The first-order chi connectivity index (χ1) is 11.9. The van der Waals surface area contributed by atoms with Crippen molar-refractivity contribution in [2.45, 2.75) is 39.8 Å². The summed E-state index contributed by atoms with van der Waals surface area (Å²) in [6.45, 7) is 7.34. The van der Waals surface area contributed by atoms with Crippen LogP contribution in [-0.2, 0) is 0 Å². The van der Waals surface area contributed by atoms with Crippen LogP contribution in [0.25, 0.3) is 11.5 Å². The second-order valence-corrected chi connectivity index (χ2v) is 63.1. The normalized spacial score (nSPS) is 14.4. The van der Waals surface area contributed by atoms with Crippen LogP contribution in [0.2, 0.25) is 0 Å². The summed E-state index contributed by atoms with van der Waals surface area (Å²) in [6, 6.07) is 8.84. The van der Waals surface area contributed by atoms with Gasteiger partial charge in [0.05, 0.1) is 5.56 Å². The molecule has 1 heterocycles. The Bertz CT molecular complexity index is 908. The molecule has 27 heavy (non-hydrogen) atoms. The van der Waals surface area contributed by atoms with Gasteiger partial charge < -0.3 is 4.42 Å². The first kappa shape index (κ1) is 25.4. The van der Waals surface area contributed by atoms with Crippen LogP contribution in [0.1, 0.15) is 39.8 Å². The molecule has 2 aromatic rings. The number of hydrogen-bond donors (Lipinski definition) is 0. The Labute approximate surface area is 176 Å². The SMILES string of the molecule is CC(C)n1c(=O)oc(-c2ccccc2)[n+](C(C)C)c1=O.[Cl][Sb-]([Cl])([Cl])([Cl])([Cl])[Cl]. The summed E-state index contributed by atoms with van der Waals surface area (Å²) < 4.78 is 8.04. The van der Waals surface area contributed by atoms with E-state index in [0.717, 1.165) is 4.57 Å². The van der Waals surface area contributed by atoms with E-state index in [9.17, 15) is 9.59 Å². The van der Waals surface area contributed by atoms with E-state index >= 15 is 0 Å². The van der Waals surface area contributed by atoms with Crippen LogP contribution >= 0.6 is 53.0 Å². The topological polar surface area (TPSA) is 56.1 Å². The molecule has 12 heteroatoms. The monoisotopic (exact) mass is 606 g/mol. The summed E-state index contributed by atoms with van der Waals surface area (Å²) in [6.07, 6.45) is 0.